The van der Waals surface area contributed by atoms with Crippen molar-refractivity contribution in [1.82, 2.24) is 4.90 Å². The van der Waals surface area contributed by atoms with Crippen molar-refractivity contribution in [3.8, 4) is 0 Å². The zero-order chi connectivity index (χ0) is 9.16. The monoisotopic (exact) mass is 179 g/mol. The number of nitrogens with zero attached hydrogens (tertiary/aromatic N) is 1. The zero-order valence-corrected chi connectivity index (χ0v) is 7.14. The third kappa shape index (κ3) is 0.659. The van der Waals surface area contributed by atoms with Crippen molar-refractivity contribution < 1.29 is 14.3 Å². The summed E-state index contributed by atoms with van der Waals surface area (Å²) >= 11 is 0. The van der Waals surface area contributed by atoms with Crippen molar-refractivity contribution >= 4 is 11.8 Å². The van der Waals surface area contributed by atoms with Gasteiger partial charge in [-0.05, 0) is 0 Å². The maximum atomic E-state index is 11.6. The van der Waals surface area contributed by atoms with E-state index in [-0.39, 0.29) is 35.9 Å². The summed E-state index contributed by atoms with van der Waals surface area (Å²) in [6, 6.07) is 0. The molecule has 0 saturated carbocycles. The lowest BCUT2D eigenvalue weighted by molar-refractivity contribution is -0.140. The molecule has 0 spiro atoms. The molecule has 0 aromatic carbocycles. The molecule has 68 valence electrons. The highest BCUT2D eigenvalue weighted by atomic mass is 16.5. The summed E-state index contributed by atoms with van der Waals surface area (Å²) < 4.78 is 5.45. The van der Waals surface area contributed by atoms with Crippen molar-refractivity contribution in [1.29, 1.82) is 0 Å². The standard InChI is InChI=1S/C9H9NO3/c1-10-8(11)6-4-2-3-5(13-4)7(6)9(10)12/h2-7H,1H3/t4-,5?,6?,7?/m0/s1. The Bertz CT molecular complexity index is 306. The van der Waals surface area contributed by atoms with Crippen molar-refractivity contribution in [2.75, 3.05) is 7.05 Å². The van der Waals surface area contributed by atoms with E-state index in [1.54, 1.807) is 7.05 Å². The number of hydrogen-bond donors (Lipinski definition) is 0. The Morgan fingerprint density at radius 2 is 1.62 bits per heavy atom. The van der Waals surface area contributed by atoms with E-state index >= 15 is 0 Å². The van der Waals surface area contributed by atoms with Crippen LogP contribution in [0.25, 0.3) is 0 Å². The molecule has 2 bridgehead atoms. The average Bonchev–Trinajstić information content (AvgIpc) is 2.76. The van der Waals surface area contributed by atoms with Gasteiger partial charge in [0.25, 0.3) is 0 Å². The Labute approximate surface area is 75.1 Å². The molecule has 2 amide bonds. The second kappa shape index (κ2) is 2.01. The van der Waals surface area contributed by atoms with E-state index in [4.69, 9.17) is 4.74 Å². The number of hydrogen-bond acceptors (Lipinski definition) is 3. The smallest absolute Gasteiger partial charge is 0.235 e. The molecule has 0 aliphatic carbocycles. The predicted octanol–water partition coefficient (Wildman–Crippen LogP) is -0.445. The van der Waals surface area contributed by atoms with Gasteiger partial charge < -0.3 is 4.74 Å². The van der Waals surface area contributed by atoms with Crippen LogP contribution in [-0.2, 0) is 14.3 Å². The molecular weight excluding hydrogens is 170 g/mol. The molecule has 0 radical (unpaired) electrons. The first kappa shape index (κ1) is 7.26. The van der Waals surface area contributed by atoms with Crippen molar-refractivity contribution in [2.24, 2.45) is 11.8 Å². The van der Waals surface area contributed by atoms with Crippen LogP contribution in [0.5, 0.6) is 0 Å². The number of rotatable bonds is 0. The molecule has 13 heavy (non-hydrogen) atoms. The van der Waals surface area contributed by atoms with Crippen molar-refractivity contribution in [3.63, 3.8) is 0 Å². The van der Waals surface area contributed by atoms with E-state index < -0.39 is 0 Å². The molecule has 4 heteroatoms. The molecule has 4 atom stereocenters. The van der Waals surface area contributed by atoms with Gasteiger partial charge in [-0.3, -0.25) is 14.5 Å². The average molecular weight is 179 g/mol. The summed E-state index contributed by atoms with van der Waals surface area (Å²) in [5.41, 5.74) is 0. The van der Waals surface area contributed by atoms with Gasteiger partial charge in [-0.15, -0.1) is 0 Å². The number of ether oxygens (including phenoxy) is 1. The van der Waals surface area contributed by atoms with Gasteiger partial charge in [0.15, 0.2) is 0 Å². The van der Waals surface area contributed by atoms with Crippen LogP contribution in [-0.4, -0.2) is 36.0 Å². The van der Waals surface area contributed by atoms with Gasteiger partial charge >= 0.3 is 0 Å². The van der Waals surface area contributed by atoms with Gasteiger partial charge in [0.05, 0.1) is 24.0 Å². The number of amides is 2. The maximum Gasteiger partial charge on any atom is 0.235 e. The van der Waals surface area contributed by atoms with E-state index in [1.807, 2.05) is 12.2 Å². The van der Waals surface area contributed by atoms with E-state index in [0.717, 1.165) is 0 Å². The van der Waals surface area contributed by atoms with Crippen LogP contribution in [0.15, 0.2) is 12.2 Å². The van der Waals surface area contributed by atoms with Crippen LogP contribution in [0.3, 0.4) is 0 Å². The highest BCUT2D eigenvalue weighted by Crippen LogP contribution is 2.44. The van der Waals surface area contributed by atoms with Gasteiger partial charge in [-0.2, -0.15) is 0 Å². The fourth-order valence-electron chi connectivity index (χ4n) is 2.45. The van der Waals surface area contributed by atoms with Gasteiger partial charge in [0, 0.05) is 7.05 Å². The Morgan fingerprint density at radius 1 is 1.15 bits per heavy atom. The van der Waals surface area contributed by atoms with Crippen LogP contribution in [0.2, 0.25) is 0 Å². The molecule has 0 aromatic heterocycles. The summed E-state index contributed by atoms with van der Waals surface area (Å²) in [6.07, 6.45) is 3.46. The molecule has 3 aliphatic rings. The first-order valence-electron chi connectivity index (χ1n) is 4.35. The maximum absolute atomic E-state index is 11.6. The van der Waals surface area contributed by atoms with Gasteiger partial charge in [0.1, 0.15) is 0 Å². The minimum atomic E-state index is -0.243. The molecule has 0 aromatic rings. The molecular formula is C9H9NO3. The SMILES string of the molecule is CN1C(=O)C2C3C=C[C@H](O3)C2C1=O. The fraction of sp³-hybridized carbons (Fsp3) is 0.556. The Morgan fingerprint density at radius 3 is 2.08 bits per heavy atom. The lowest BCUT2D eigenvalue weighted by Crippen LogP contribution is -2.30. The highest BCUT2D eigenvalue weighted by molar-refractivity contribution is 6.06. The number of imide groups is 1. The zero-order valence-electron chi connectivity index (χ0n) is 7.14. The second-order valence-electron chi connectivity index (χ2n) is 3.74. The first-order valence-corrected chi connectivity index (χ1v) is 4.35. The summed E-state index contributed by atoms with van der Waals surface area (Å²) in [5, 5.41) is 0. The molecule has 3 heterocycles. The van der Waals surface area contributed by atoms with Crippen LogP contribution >= 0.6 is 0 Å². The molecule has 3 rings (SSSR count). The predicted molar refractivity (Wildman–Crippen MR) is 42.6 cm³/mol. The van der Waals surface area contributed by atoms with Crippen LogP contribution < -0.4 is 0 Å². The number of carbonyl (C=O) groups is 2. The molecule has 0 N–H and O–H groups in total. The van der Waals surface area contributed by atoms with Gasteiger partial charge in [-0.1, -0.05) is 12.2 Å². The third-order valence-corrected chi connectivity index (χ3v) is 3.13. The Kier molecular flexibility index (Phi) is 1.12. The number of carbonyl (C=O) groups excluding carboxylic acids is 2. The Balaban J connectivity index is 2.08. The third-order valence-electron chi connectivity index (χ3n) is 3.13. The minimum Gasteiger partial charge on any atom is -0.365 e. The lowest BCUT2D eigenvalue weighted by atomic mass is 9.85. The number of likely N-dealkylation sites (tertiary alicyclic amines) is 1. The lowest BCUT2D eigenvalue weighted by Gasteiger charge is -2.10. The largest absolute Gasteiger partial charge is 0.365 e. The summed E-state index contributed by atoms with van der Waals surface area (Å²) in [5.74, 6) is -0.668. The van der Waals surface area contributed by atoms with Crippen molar-refractivity contribution in [2.45, 2.75) is 12.2 Å². The summed E-state index contributed by atoms with van der Waals surface area (Å²) in [4.78, 5) is 24.4. The Hall–Kier alpha value is -1.16. The number of fused-ring (bicyclic) bond motifs is 5. The van der Waals surface area contributed by atoms with E-state index in [1.165, 1.54) is 4.90 Å². The van der Waals surface area contributed by atoms with Gasteiger partial charge in [-0.25, -0.2) is 0 Å². The topological polar surface area (TPSA) is 46.6 Å². The quantitative estimate of drug-likeness (QED) is 0.374. The molecule has 2 fully saturated rings. The second-order valence-corrected chi connectivity index (χ2v) is 3.74. The van der Waals surface area contributed by atoms with E-state index in [0.29, 0.717) is 0 Å². The van der Waals surface area contributed by atoms with Crippen LogP contribution in [0.4, 0.5) is 0 Å². The fourth-order valence-corrected chi connectivity index (χ4v) is 2.45. The molecule has 2 saturated heterocycles. The summed E-state index contributed by atoms with van der Waals surface area (Å²) in [7, 11) is 1.54. The molecule has 4 nitrogen and oxygen atoms in total. The first-order chi connectivity index (χ1) is 6.20. The summed E-state index contributed by atoms with van der Waals surface area (Å²) in [6.45, 7) is 0. The van der Waals surface area contributed by atoms with Crippen LogP contribution in [0, 0.1) is 11.8 Å². The van der Waals surface area contributed by atoms with Gasteiger partial charge in [0.2, 0.25) is 11.8 Å². The van der Waals surface area contributed by atoms with E-state index in [9.17, 15) is 9.59 Å². The van der Waals surface area contributed by atoms with Crippen molar-refractivity contribution in [3.05, 3.63) is 12.2 Å². The normalized spacial score (nSPS) is 46.4. The van der Waals surface area contributed by atoms with Crippen LogP contribution in [0.1, 0.15) is 0 Å². The molecule has 3 unspecified atom stereocenters. The highest BCUT2D eigenvalue weighted by Gasteiger charge is 2.59. The molecule has 3 aliphatic heterocycles. The minimum absolute atomic E-state index is 0.0909. The van der Waals surface area contributed by atoms with E-state index in [2.05, 4.69) is 0 Å².